The predicted molar refractivity (Wildman–Crippen MR) is 145 cm³/mol. The summed E-state index contributed by atoms with van der Waals surface area (Å²) >= 11 is 0. The van der Waals surface area contributed by atoms with Crippen LogP contribution in [0.1, 0.15) is 37.8 Å². The second-order valence-electron chi connectivity index (χ2n) is 10.4. The Morgan fingerprint density at radius 2 is 1.95 bits per heavy atom. The first-order valence-electron chi connectivity index (χ1n) is 13.3. The van der Waals surface area contributed by atoms with Crippen molar-refractivity contribution in [1.29, 1.82) is 0 Å². The van der Waals surface area contributed by atoms with Gasteiger partial charge in [0.25, 0.3) is 0 Å². The van der Waals surface area contributed by atoms with E-state index in [0.29, 0.717) is 30.9 Å². The van der Waals surface area contributed by atoms with Gasteiger partial charge in [0.05, 0.1) is 32.6 Å². The number of methoxy groups -OCH3 is 1. The Morgan fingerprint density at radius 3 is 2.58 bits per heavy atom. The first-order chi connectivity index (χ1) is 18.9. The molecule has 3 atom stereocenters. The van der Waals surface area contributed by atoms with Crippen LogP contribution >= 0.6 is 0 Å². The summed E-state index contributed by atoms with van der Waals surface area (Å²) in [6.07, 6.45) is -6.72. The van der Waals surface area contributed by atoms with E-state index in [1.54, 1.807) is 37.1 Å². The summed E-state index contributed by atoms with van der Waals surface area (Å²) in [6, 6.07) is 12.1. The van der Waals surface area contributed by atoms with Gasteiger partial charge in [-0.3, -0.25) is 14.5 Å². The van der Waals surface area contributed by atoms with Gasteiger partial charge in [-0.15, -0.1) is 0 Å². The number of hydrogen-bond acceptors (Lipinski definition) is 6. The molecule has 11 heteroatoms. The zero-order chi connectivity index (χ0) is 29.4. The second-order valence-corrected chi connectivity index (χ2v) is 10.4. The van der Waals surface area contributed by atoms with E-state index in [2.05, 4.69) is 10.2 Å². The summed E-state index contributed by atoms with van der Waals surface area (Å²) in [6.45, 7) is 5.13. The van der Waals surface area contributed by atoms with Crippen molar-refractivity contribution in [2.45, 2.75) is 58.0 Å². The molecule has 0 unspecified atom stereocenters. The van der Waals surface area contributed by atoms with E-state index in [1.807, 2.05) is 38.2 Å². The lowest BCUT2D eigenvalue weighted by atomic mass is 10.0. The van der Waals surface area contributed by atoms with Gasteiger partial charge in [0, 0.05) is 43.2 Å². The van der Waals surface area contributed by atoms with Crippen LogP contribution in [0.25, 0.3) is 0 Å². The molecule has 2 N–H and O–H groups in total. The second kappa shape index (κ2) is 13.8. The smallest absolute Gasteiger partial charge is 0.389 e. The SMILES string of the molecule is COc1ccc(CN(C)C[C@@H]2Oc3ccc(NC(=O)CCC(F)(F)F)cc3CC(=O)N([C@H](C)CO)C[C@H]2C)cc1. The number of nitrogens with zero attached hydrogens (tertiary/aromatic N) is 2. The maximum absolute atomic E-state index is 13.3. The Morgan fingerprint density at radius 1 is 1.25 bits per heavy atom. The van der Waals surface area contributed by atoms with Crippen LogP contribution < -0.4 is 14.8 Å². The molecular weight excluding hydrogens is 527 g/mol. The van der Waals surface area contributed by atoms with Crippen molar-refractivity contribution in [3.05, 3.63) is 53.6 Å². The lowest BCUT2D eigenvalue weighted by Crippen LogP contribution is -2.47. The molecule has 2 aromatic carbocycles. The largest absolute Gasteiger partial charge is 0.497 e. The van der Waals surface area contributed by atoms with Crippen molar-refractivity contribution < 1.29 is 37.3 Å². The molecule has 0 fully saturated rings. The van der Waals surface area contributed by atoms with Crippen LogP contribution in [0.3, 0.4) is 0 Å². The van der Waals surface area contributed by atoms with Crippen molar-refractivity contribution in [1.82, 2.24) is 9.80 Å². The van der Waals surface area contributed by atoms with Crippen LogP contribution in [0, 0.1) is 5.92 Å². The highest BCUT2D eigenvalue weighted by molar-refractivity contribution is 5.91. The van der Waals surface area contributed by atoms with E-state index >= 15 is 0 Å². The first-order valence-corrected chi connectivity index (χ1v) is 13.3. The Labute approximate surface area is 233 Å². The number of fused-ring (bicyclic) bond motifs is 1. The summed E-state index contributed by atoms with van der Waals surface area (Å²) in [5, 5.41) is 12.3. The normalized spacial score (nSPS) is 18.7. The highest BCUT2D eigenvalue weighted by atomic mass is 19.4. The number of nitrogens with one attached hydrogen (secondary N) is 1. The number of hydrogen-bond donors (Lipinski definition) is 2. The fourth-order valence-corrected chi connectivity index (χ4v) is 4.62. The predicted octanol–water partition coefficient (Wildman–Crippen LogP) is 4.26. The van der Waals surface area contributed by atoms with Crippen LogP contribution in [-0.4, -0.2) is 78.9 Å². The molecule has 40 heavy (non-hydrogen) atoms. The molecule has 8 nitrogen and oxygen atoms in total. The van der Waals surface area contributed by atoms with Gasteiger partial charge in [-0.05, 0) is 49.9 Å². The number of halogens is 3. The third-order valence-corrected chi connectivity index (χ3v) is 6.94. The van der Waals surface area contributed by atoms with E-state index in [9.17, 15) is 27.9 Å². The number of likely N-dealkylation sites (N-methyl/N-ethyl adjacent to an activating group) is 1. The van der Waals surface area contributed by atoms with Crippen molar-refractivity contribution in [3.8, 4) is 11.5 Å². The summed E-state index contributed by atoms with van der Waals surface area (Å²) in [5.41, 5.74) is 1.88. The maximum Gasteiger partial charge on any atom is 0.389 e. The van der Waals surface area contributed by atoms with Gasteiger partial charge in [-0.2, -0.15) is 13.2 Å². The molecule has 0 aliphatic carbocycles. The van der Waals surface area contributed by atoms with Gasteiger partial charge in [0.1, 0.15) is 17.6 Å². The van der Waals surface area contributed by atoms with Gasteiger partial charge in [-0.1, -0.05) is 19.1 Å². The molecule has 220 valence electrons. The standard InChI is InChI=1S/C29H38F3N3O5/c1-19-15-35(20(2)18-36)28(38)14-22-13-23(33-27(37)11-12-29(30,31)32)7-10-25(22)40-26(19)17-34(3)16-21-5-8-24(39-4)9-6-21/h5-10,13,19-20,26,36H,11-12,14-18H2,1-4H3,(H,33,37)/t19-,20-,26+/m1/s1. The van der Waals surface area contributed by atoms with Crippen LogP contribution in [0.15, 0.2) is 42.5 Å². The molecule has 0 radical (unpaired) electrons. The number of rotatable bonds is 10. The highest BCUT2D eigenvalue weighted by Gasteiger charge is 2.31. The van der Waals surface area contributed by atoms with Crippen molar-refractivity contribution >= 4 is 17.5 Å². The van der Waals surface area contributed by atoms with Gasteiger partial charge in [0.15, 0.2) is 0 Å². The molecule has 3 rings (SSSR count). The van der Waals surface area contributed by atoms with Gasteiger partial charge < -0.3 is 24.8 Å². The molecule has 0 bridgehead atoms. The van der Waals surface area contributed by atoms with Crippen LogP contribution in [-0.2, 0) is 22.6 Å². The molecular formula is C29H38F3N3O5. The fraction of sp³-hybridized carbons (Fsp3) is 0.517. The Hall–Kier alpha value is -3.31. The molecule has 0 aromatic heterocycles. The van der Waals surface area contributed by atoms with E-state index in [-0.39, 0.29) is 36.6 Å². The minimum Gasteiger partial charge on any atom is -0.497 e. The lowest BCUT2D eigenvalue weighted by Gasteiger charge is -2.34. The number of anilines is 1. The molecule has 0 saturated carbocycles. The minimum absolute atomic E-state index is 0.0485. The molecule has 1 aliphatic rings. The number of amides is 2. The fourth-order valence-electron chi connectivity index (χ4n) is 4.62. The van der Waals surface area contributed by atoms with Crippen LogP contribution in [0.5, 0.6) is 11.5 Å². The molecule has 0 spiro atoms. The molecule has 2 amide bonds. The van der Waals surface area contributed by atoms with Crippen molar-refractivity contribution in [2.24, 2.45) is 5.92 Å². The number of aliphatic hydroxyl groups excluding tert-OH is 1. The van der Waals surface area contributed by atoms with Gasteiger partial charge >= 0.3 is 6.18 Å². The van der Waals surface area contributed by atoms with Crippen molar-refractivity contribution in [3.63, 3.8) is 0 Å². The topological polar surface area (TPSA) is 91.3 Å². The number of carbonyl (C=O) groups is 2. The number of ether oxygens (including phenoxy) is 2. The third kappa shape index (κ3) is 9.12. The van der Waals surface area contributed by atoms with E-state index < -0.39 is 31.0 Å². The minimum atomic E-state index is -4.43. The van der Waals surface area contributed by atoms with E-state index in [0.717, 1.165) is 11.3 Å². The van der Waals surface area contributed by atoms with E-state index in [1.165, 1.54) is 0 Å². The van der Waals surface area contributed by atoms with E-state index in [4.69, 9.17) is 9.47 Å². The lowest BCUT2D eigenvalue weighted by molar-refractivity contribution is -0.142. The summed E-state index contributed by atoms with van der Waals surface area (Å²) < 4.78 is 49.3. The summed E-state index contributed by atoms with van der Waals surface area (Å²) in [5.74, 6) is 0.162. The number of alkyl halides is 3. The average molecular weight is 566 g/mol. The maximum atomic E-state index is 13.3. The molecule has 2 aromatic rings. The number of benzene rings is 2. The quantitative estimate of drug-likeness (QED) is 0.448. The van der Waals surface area contributed by atoms with Gasteiger partial charge in [-0.25, -0.2) is 0 Å². The van der Waals surface area contributed by atoms with Crippen molar-refractivity contribution in [2.75, 3.05) is 39.2 Å². The van der Waals surface area contributed by atoms with Crippen LogP contribution in [0.2, 0.25) is 0 Å². The Balaban J connectivity index is 1.83. The first kappa shape index (κ1) is 31.2. The van der Waals surface area contributed by atoms with Gasteiger partial charge in [0.2, 0.25) is 11.8 Å². The van der Waals surface area contributed by atoms with Crippen LogP contribution in [0.4, 0.5) is 18.9 Å². The highest BCUT2D eigenvalue weighted by Crippen LogP contribution is 2.30. The Bertz CT molecular complexity index is 1140. The molecule has 0 saturated heterocycles. The third-order valence-electron chi connectivity index (χ3n) is 6.94. The molecule has 1 aliphatic heterocycles. The summed E-state index contributed by atoms with van der Waals surface area (Å²) in [4.78, 5) is 29.2. The summed E-state index contributed by atoms with van der Waals surface area (Å²) in [7, 11) is 3.60. The monoisotopic (exact) mass is 565 g/mol. The zero-order valence-electron chi connectivity index (χ0n) is 23.3. The number of aliphatic hydroxyl groups is 1. The number of carbonyl (C=O) groups excluding carboxylic acids is 2. The zero-order valence-corrected chi connectivity index (χ0v) is 23.3. The average Bonchev–Trinajstić information content (AvgIpc) is 2.94. The molecule has 1 heterocycles. The Kier molecular flexibility index (Phi) is 10.8.